The van der Waals surface area contributed by atoms with Gasteiger partial charge < -0.3 is 4.74 Å². The molecule has 164 valence electrons. The van der Waals surface area contributed by atoms with Gasteiger partial charge in [-0.15, -0.1) is 0 Å². The van der Waals surface area contributed by atoms with E-state index in [0.717, 1.165) is 11.1 Å². The van der Waals surface area contributed by atoms with Gasteiger partial charge in [0.1, 0.15) is 19.0 Å². The molecule has 1 N–H and O–H groups in total. The Morgan fingerprint density at radius 1 is 0.848 bits per heavy atom. The molecule has 4 aromatic rings. The molecule has 1 aliphatic rings. The van der Waals surface area contributed by atoms with Crippen molar-refractivity contribution in [1.82, 2.24) is 15.1 Å². The maximum atomic E-state index is 14.6. The van der Waals surface area contributed by atoms with Crippen molar-refractivity contribution in [1.29, 1.82) is 0 Å². The van der Waals surface area contributed by atoms with Crippen LogP contribution in [0.15, 0.2) is 85.1 Å². The fourth-order valence-electron chi connectivity index (χ4n) is 4.13. The number of benzene rings is 3. The van der Waals surface area contributed by atoms with Crippen LogP contribution in [0, 0.1) is 5.82 Å². The topological polar surface area (TPSA) is 75.3 Å². The zero-order valence-electron chi connectivity index (χ0n) is 17.6. The Kier molecular flexibility index (Phi) is 5.54. The monoisotopic (exact) mass is 441 g/mol. The zero-order valence-corrected chi connectivity index (χ0v) is 17.6. The van der Waals surface area contributed by atoms with Crippen molar-refractivity contribution < 1.29 is 18.7 Å². The molecule has 0 bridgehead atoms. The van der Waals surface area contributed by atoms with Gasteiger partial charge >= 0.3 is 0 Å². The molecular weight excluding hydrogens is 421 g/mol. The molecule has 2 heterocycles. The van der Waals surface area contributed by atoms with Crippen LogP contribution < -0.4 is 0 Å². The highest BCUT2D eigenvalue weighted by Gasteiger charge is 2.37. The molecular formula is C26H20FN3O3. The van der Waals surface area contributed by atoms with Gasteiger partial charge in [0.05, 0.1) is 17.9 Å². The Morgan fingerprint density at radius 2 is 1.48 bits per heavy atom. The number of carbonyl (C=O) groups excluding carboxylic acids is 2. The van der Waals surface area contributed by atoms with Crippen LogP contribution in [0.5, 0.6) is 0 Å². The predicted octanol–water partition coefficient (Wildman–Crippen LogP) is 4.36. The van der Waals surface area contributed by atoms with E-state index in [4.69, 9.17) is 4.74 Å². The van der Waals surface area contributed by atoms with Gasteiger partial charge in [-0.1, -0.05) is 66.7 Å². The van der Waals surface area contributed by atoms with Crippen LogP contribution in [0.2, 0.25) is 0 Å². The molecule has 33 heavy (non-hydrogen) atoms. The molecule has 1 aromatic heterocycles. The molecule has 0 aliphatic carbocycles. The lowest BCUT2D eigenvalue weighted by Gasteiger charge is -2.33. The average Bonchev–Trinajstić information content (AvgIpc) is 3.32. The number of carbonyl (C=O) groups is 2. The summed E-state index contributed by atoms with van der Waals surface area (Å²) in [5, 5.41) is 6.97. The normalized spacial score (nSPS) is 15.0. The maximum absolute atomic E-state index is 14.6. The van der Waals surface area contributed by atoms with Gasteiger partial charge in [-0.3, -0.25) is 19.6 Å². The number of imide groups is 1. The molecule has 0 radical (unpaired) electrons. The number of nitrogens with one attached hydrogen (secondary N) is 1. The summed E-state index contributed by atoms with van der Waals surface area (Å²) in [5.74, 6) is -1.34. The predicted molar refractivity (Wildman–Crippen MR) is 120 cm³/mol. The molecule has 1 fully saturated rings. The van der Waals surface area contributed by atoms with Crippen LogP contribution >= 0.6 is 0 Å². The fourth-order valence-corrected chi connectivity index (χ4v) is 4.13. The first-order valence-corrected chi connectivity index (χ1v) is 10.5. The van der Waals surface area contributed by atoms with Crippen LogP contribution in [0.4, 0.5) is 4.39 Å². The van der Waals surface area contributed by atoms with E-state index in [0.29, 0.717) is 22.4 Å². The van der Waals surface area contributed by atoms with E-state index in [-0.39, 0.29) is 13.2 Å². The minimum absolute atomic E-state index is 0.197. The minimum Gasteiger partial charge on any atom is -0.362 e. The van der Waals surface area contributed by atoms with Crippen molar-refractivity contribution in [3.63, 3.8) is 0 Å². The first-order chi connectivity index (χ1) is 16.1. The third-order valence-corrected chi connectivity index (χ3v) is 5.69. The van der Waals surface area contributed by atoms with E-state index in [1.165, 1.54) is 17.2 Å². The van der Waals surface area contributed by atoms with Crippen molar-refractivity contribution >= 4 is 11.8 Å². The van der Waals surface area contributed by atoms with Gasteiger partial charge in [-0.05, 0) is 28.8 Å². The van der Waals surface area contributed by atoms with Gasteiger partial charge in [-0.25, -0.2) is 4.39 Å². The van der Waals surface area contributed by atoms with E-state index in [9.17, 15) is 14.0 Å². The third-order valence-electron chi connectivity index (χ3n) is 5.69. The summed E-state index contributed by atoms with van der Waals surface area (Å²) < 4.78 is 19.7. The number of nitrogens with zero attached hydrogens (tertiary/aromatic N) is 2. The Balaban J connectivity index is 1.63. The van der Waals surface area contributed by atoms with E-state index in [1.807, 2.05) is 54.6 Å². The van der Waals surface area contributed by atoms with Crippen molar-refractivity contribution in [2.45, 2.75) is 6.04 Å². The second kappa shape index (κ2) is 8.80. The van der Waals surface area contributed by atoms with Crippen LogP contribution in [-0.2, 0) is 14.3 Å². The first kappa shape index (κ1) is 20.8. The second-order valence-electron chi connectivity index (χ2n) is 7.72. The Morgan fingerprint density at radius 3 is 2.18 bits per heavy atom. The highest BCUT2D eigenvalue weighted by atomic mass is 19.1. The quantitative estimate of drug-likeness (QED) is 0.467. The summed E-state index contributed by atoms with van der Waals surface area (Å²) in [6.45, 7) is -0.394. The smallest absolute Gasteiger partial charge is 0.256 e. The van der Waals surface area contributed by atoms with Gasteiger partial charge in [0, 0.05) is 11.1 Å². The lowest BCUT2D eigenvalue weighted by Crippen LogP contribution is -2.48. The molecule has 1 unspecified atom stereocenters. The minimum atomic E-state index is -0.785. The van der Waals surface area contributed by atoms with E-state index in [2.05, 4.69) is 10.2 Å². The summed E-state index contributed by atoms with van der Waals surface area (Å²) >= 11 is 0. The van der Waals surface area contributed by atoms with Gasteiger partial charge in [-0.2, -0.15) is 5.10 Å². The number of aromatic amines is 1. The number of halogens is 1. The van der Waals surface area contributed by atoms with Crippen LogP contribution in [0.25, 0.3) is 22.4 Å². The number of morpholine rings is 1. The highest BCUT2D eigenvalue weighted by molar-refractivity contribution is 5.99. The van der Waals surface area contributed by atoms with Crippen LogP contribution in [0.3, 0.4) is 0 Å². The number of amides is 2. The van der Waals surface area contributed by atoms with Gasteiger partial charge in [0.25, 0.3) is 11.8 Å². The number of ether oxygens (including phenoxy) is 1. The molecule has 5 rings (SSSR count). The summed E-state index contributed by atoms with van der Waals surface area (Å²) in [6.07, 6.45) is 1.54. The fraction of sp³-hybridized carbons (Fsp3) is 0.115. The molecule has 6 nitrogen and oxygen atoms in total. The molecule has 1 atom stereocenters. The summed E-state index contributed by atoms with van der Waals surface area (Å²) in [7, 11) is 0. The number of H-pyrrole nitrogens is 1. The number of aromatic nitrogens is 2. The number of hydrogen-bond donors (Lipinski definition) is 1. The molecule has 7 heteroatoms. The Bertz CT molecular complexity index is 1290. The van der Waals surface area contributed by atoms with Crippen molar-refractivity contribution in [2.75, 3.05) is 13.2 Å². The van der Waals surface area contributed by atoms with Crippen molar-refractivity contribution in [3.05, 3.63) is 102 Å². The number of rotatable bonds is 5. The van der Waals surface area contributed by atoms with Gasteiger partial charge in [0.2, 0.25) is 0 Å². The molecule has 1 aliphatic heterocycles. The first-order valence-electron chi connectivity index (χ1n) is 10.5. The summed E-state index contributed by atoms with van der Waals surface area (Å²) in [6, 6.07) is 23.0. The Labute approximate surface area is 189 Å². The molecule has 1 saturated heterocycles. The van der Waals surface area contributed by atoms with Crippen LogP contribution in [0.1, 0.15) is 17.2 Å². The van der Waals surface area contributed by atoms with Crippen LogP contribution in [-0.4, -0.2) is 40.1 Å². The molecule has 3 aromatic carbocycles. The van der Waals surface area contributed by atoms with Gasteiger partial charge in [0.15, 0.2) is 0 Å². The summed E-state index contributed by atoms with van der Waals surface area (Å²) in [4.78, 5) is 26.8. The second-order valence-corrected chi connectivity index (χ2v) is 7.72. The highest BCUT2D eigenvalue weighted by Crippen LogP contribution is 2.37. The number of hydrogen-bond acceptors (Lipinski definition) is 4. The van der Waals surface area contributed by atoms with E-state index < -0.39 is 23.7 Å². The standard InChI is InChI=1S/C26H20FN3O3/c27-22-9-5-4-8-20(22)25-21(14-28-29-25)26(30-23(31)15-33-16-24(30)32)19-12-10-18(11-13-19)17-6-2-1-3-7-17/h1-14,26H,15-16H2,(H,28,29). The summed E-state index contributed by atoms with van der Waals surface area (Å²) in [5.41, 5.74) is 4.00. The molecule has 0 spiro atoms. The van der Waals surface area contributed by atoms with E-state index in [1.54, 1.807) is 18.2 Å². The van der Waals surface area contributed by atoms with Crippen molar-refractivity contribution in [3.8, 4) is 22.4 Å². The third kappa shape index (κ3) is 3.94. The Hall–Kier alpha value is -4.10. The van der Waals surface area contributed by atoms with E-state index >= 15 is 0 Å². The van der Waals surface area contributed by atoms with Crippen molar-refractivity contribution in [2.24, 2.45) is 0 Å². The largest absolute Gasteiger partial charge is 0.362 e. The maximum Gasteiger partial charge on any atom is 0.256 e. The lowest BCUT2D eigenvalue weighted by molar-refractivity contribution is -0.160. The SMILES string of the molecule is O=C1COCC(=O)N1C(c1ccc(-c2ccccc2)cc1)c1cn[nH]c1-c1ccccc1F. The average molecular weight is 441 g/mol. The zero-order chi connectivity index (χ0) is 22.8. The lowest BCUT2D eigenvalue weighted by atomic mass is 9.93. The molecule has 2 amide bonds. The molecule has 0 saturated carbocycles.